The van der Waals surface area contributed by atoms with Crippen LogP contribution in [0, 0.1) is 0 Å². The summed E-state index contributed by atoms with van der Waals surface area (Å²) in [6.07, 6.45) is 0.0461. The molecule has 0 aliphatic rings. The Bertz CT molecular complexity index is 775. The molecule has 0 radical (unpaired) electrons. The van der Waals surface area contributed by atoms with Crippen LogP contribution in [0.4, 0.5) is 11.4 Å². The first-order valence-electron chi connectivity index (χ1n) is 7.50. The summed E-state index contributed by atoms with van der Waals surface area (Å²) >= 11 is 3.31. The average molecular weight is 405 g/mol. The van der Waals surface area contributed by atoms with Crippen LogP contribution in [0.5, 0.6) is 0 Å². The second-order valence-electron chi connectivity index (χ2n) is 5.27. The van der Waals surface area contributed by atoms with Gasteiger partial charge in [0.15, 0.2) is 6.61 Å². The zero-order valence-electron chi connectivity index (χ0n) is 13.5. The van der Waals surface area contributed by atoms with E-state index in [0.717, 1.165) is 10.0 Å². The molecule has 0 aliphatic heterocycles. The summed E-state index contributed by atoms with van der Waals surface area (Å²) < 4.78 is 5.81. The van der Waals surface area contributed by atoms with E-state index in [1.54, 1.807) is 42.5 Å². The topological polar surface area (TPSA) is 84.5 Å². The summed E-state index contributed by atoms with van der Waals surface area (Å²) in [5.41, 5.74) is 1.99. The zero-order valence-corrected chi connectivity index (χ0v) is 15.1. The largest absolute Gasteiger partial charge is 0.455 e. The van der Waals surface area contributed by atoms with Gasteiger partial charge < -0.3 is 15.4 Å². The van der Waals surface area contributed by atoms with Crippen LogP contribution in [0.2, 0.25) is 0 Å². The molecule has 0 unspecified atom stereocenters. The van der Waals surface area contributed by atoms with Crippen LogP contribution in [0.3, 0.4) is 0 Å². The van der Waals surface area contributed by atoms with E-state index in [2.05, 4.69) is 26.6 Å². The lowest BCUT2D eigenvalue weighted by Crippen LogP contribution is -2.21. The number of ether oxygens (including phenoxy) is 1. The number of benzene rings is 2. The quantitative estimate of drug-likeness (QED) is 0.724. The van der Waals surface area contributed by atoms with Crippen molar-refractivity contribution in [3.63, 3.8) is 0 Å². The minimum Gasteiger partial charge on any atom is -0.455 e. The van der Waals surface area contributed by atoms with Crippen molar-refractivity contribution in [2.75, 3.05) is 17.2 Å². The highest BCUT2D eigenvalue weighted by Gasteiger charge is 2.09. The van der Waals surface area contributed by atoms with Crippen molar-refractivity contribution >= 4 is 45.1 Å². The monoisotopic (exact) mass is 404 g/mol. The molecule has 7 heteroatoms. The molecule has 2 rings (SSSR count). The number of halogens is 1. The van der Waals surface area contributed by atoms with Crippen LogP contribution < -0.4 is 10.6 Å². The number of amides is 2. The lowest BCUT2D eigenvalue weighted by atomic mass is 10.1. The highest BCUT2D eigenvalue weighted by molar-refractivity contribution is 9.10. The van der Waals surface area contributed by atoms with E-state index in [4.69, 9.17) is 4.74 Å². The van der Waals surface area contributed by atoms with Crippen molar-refractivity contribution in [3.05, 3.63) is 58.6 Å². The summed E-state index contributed by atoms with van der Waals surface area (Å²) in [6, 6.07) is 13.9. The number of anilines is 2. The first kappa shape index (κ1) is 18.7. The molecule has 0 aliphatic carbocycles. The van der Waals surface area contributed by atoms with Gasteiger partial charge in [0.1, 0.15) is 0 Å². The van der Waals surface area contributed by atoms with Crippen LogP contribution in [0.1, 0.15) is 12.5 Å². The third-order valence-electron chi connectivity index (χ3n) is 3.10. The van der Waals surface area contributed by atoms with Gasteiger partial charge in [0.25, 0.3) is 5.91 Å². The van der Waals surface area contributed by atoms with Crippen molar-refractivity contribution in [1.82, 2.24) is 0 Å². The van der Waals surface area contributed by atoms with Gasteiger partial charge in [-0.2, -0.15) is 0 Å². The number of carbonyl (C=O) groups excluding carboxylic acids is 3. The summed E-state index contributed by atoms with van der Waals surface area (Å²) in [7, 11) is 0. The Morgan fingerprint density at radius 3 is 2.36 bits per heavy atom. The number of nitrogens with one attached hydrogen (secondary N) is 2. The molecule has 130 valence electrons. The fourth-order valence-corrected chi connectivity index (χ4v) is 2.44. The van der Waals surface area contributed by atoms with Crippen LogP contribution >= 0.6 is 15.9 Å². The minimum atomic E-state index is -0.503. The third-order valence-corrected chi connectivity index (χ3v) is 3.59. The number of hydrogen-bond donors (Lipinski definition) is 2. The Kier molecular flexibility index (Phi) is 6.71. The van der Waals surface area contributed by atoms with E-state index in [1.165, 1.54) is 6.92 Å². The predicted octanol–water partition coefficient (Wildman–Crippen LogP) is 3.13. The van der Waals surface area contributed by atoms with Gasteiger partial charge in [-0.3, -0.25) is 14.4 Å². The maximum absolute atomic E-state index is 11.8. The molecule has 6 nitrogen and oxygen atoms in total. The third kappa shape index (κ3) is 6.76. The lowest BCUT2D eigenvalue weighted by Gasteiger charge is -2.07. The maximum atomic E-state index is 11.8. The maximum Gasteiger partial charge on any atom is 0.310 e. The normalized spacial score (nSPS) is 10.0. The molecule has 0 fully saturated rings. The van der Waals surface area contributed by atoms with Gasteiger partial charge in [0, 0.05) is 22.8 Å². The smallest absolute Gasteiger partial charge is 0.310 e. The highest BCUT2D eigenvalue weighted by Crippen LogP contribution is 2.15. The molecule has 2 amide bonds. The van der Waals surface area contributed by atoms with E-state index in [-0.39, 0.29) is 18.9 Å². The molecular formula is C18H17BrN2O4. The van der Waals surface area contributed by atoms with E-state index in [0.29, 0.717) is 11.4 Å². The second kappa shape index (κ2) is 8.98. The van der Waals surface area contributed by atoms with Crippen molar-refractivity contribution in [3.8, 4) is 0 Å². The number of hydrogen-bond acceptors (Lipinski definition) is 4. The molecular weight excluding hydrogens is 388 g/mol. The Balaban J connectivity index is 1.78. The van der Waals surface area contributed by atoms with Gasteiger partial charge in [0.2, 0.25) is 5.91 Å². The molecule has 2 aromatic rings. The molecule has 0 saturated heterocycles. The van der Waals surface area contributed by atoms with Crippen molar-refractivity contribution in [2.24, 2.45) is 0 Å². The first-order chi connectivity index (χ1) is 11.9. The van der Waals surface area contributed by atoms with Gasteiger partial charge in [0.05, 0.1) is 6.42 Å². The van der Waals surface area contributed by atoms with Crippen molar-refractivity contribution in [2.45, 2.75) is 13.3 Å². The molecule has 25 heavy (non-hydrogen) atoms. The van der Waals surface area contributed by atoms with Gasteiger partial charge >= 0.3 is 5.97 Å². The standard InChI is InChI=1S/C18H17BrN2O4/c1-12(22)20-15-7-5-13(6-8-15)9-18(24)25-11-17(23)21-16-4-2-3-14(19)10-16/h2-8,10H,9,11H2,1H3,(H,20,22)(H,21,23). The number of carbonyl (C=O) groups is 3. The van der Waals surface area contributed by atoms with Crippen molar-refractivity contribution in [1.29, 1.82) is 0 Å². The molecule has 0 heterocycles. The fraction of sp³-hybridized carbons (Fsp3) is 0.167. The first-order valence-corrected chi connectivity index (χ1v) is 8.29. The van der Waals surface area contributed by atoms with E-state index >= 15 is 0 Å². The molecule has 0 bridgehead atoms. The van der Waals surface area contributed by atoms with Crippen LogP contribution in [0.15, 0.2) is 53.0 Å². The number of rotatable bonds is 6. The fourth-order valence-electron chi connectivity index (χ4n) is 2.04. The van der Waals surface area contributed by atoms with Crippen LogP contribution in [-0.4, -0.2) is 24.4 Å². The van der Waals surface area contributed by atoms with Crippen molar-refractivity contribution < 1.29 is 19.1 Å². The molecule has 2 N–H and O–H groups in total. The Labute approximate surface area is 153 Å². The highest BCUT2D eigenvalue weighted by atomic mass is 79.9. The SMILES string of the molecule is CC(=O)Nc1ccc(CC(=O)OCC(=O)Nc2cccc(Br)c2)cc1. The Morgan fingerprint density at radius 1 is 1.00 bits per heavy atom. The Morgan fingerprint density at radius 2 is 1.72 bits per heavy atom. The van der Waals surface area contributed by atoms with Crippen LogP contribution in [0.25, 0.3) is 0 Å². The average Bonchev–Trinajstić information content (AvgIpc) is 2.54. The van der Waals surface area contributed by atoms with Crippen LogP contribution in [-0.2, 0) is 25.5 Å². The van der Waals surface area contributed by atoms with Gasteiger partial charge in [-0.25, -0.2) is 0 Å². The molecule has 0 saturated carbocycles. The molecule has 2 aromatic carbocycles. The molecule has 0 spiro atoms. The zero-order chi connectivity index (χ0) is 18.2. The summed E-state index contributed by atoms with van der Waals surface area (Å²) in [5, 5.41) is 5.28. The van der Waals surface area contributed by atoms with E-state index < -0.39 is 11.9 Å². The predicted molar refractivity (Wildman–Crippen MR) is 98.2 cm³/mol. The van der Waals surface area contributed by atoms with Gasteiger partial charge in [-0.05, 0) is 35.9 Å². The summed E-state index contributed by atoms with van der Waals surface area (Å²) in [6.45, 7) is 1.07. The number of esters is 1. The lowest BCUT2D eigenvalue weighted by molar-refractivity contribution is -0.146. The molecule has 0 aromatic heterocycles. The second-order valence-corrected chi connectivity index (χ2v) is 6.19. The van der Waals surface area contributed by atoms with Gasteiger partial charge in [-0.1, -0.05) is 34.1 Å². The van der Waals surface area contributed by atoms with E-state index in [9.17, 15) is 14.4 Å². The van der Waals surface area contributed by atoms with E-state index in [1.807, 2.05) is 6.07 Å². The minimum absolute atomic E-state index is 0.0461. The summed E-state index contributed by atoms with van der Waals surface area (Å²) in [4.78, 5) is 34.5. The van der Waals surface area contributed by atoms with Gasteiger partial charge in [-0.15, -0.1) is 0 Å². The molecule has 0 atom stereocenters. The Hall–Kier alpha value is -2.67. The summed E-state index contributed by atoms with van der Waals surface area (Å²) in [5.74, 6) is -1.08.